The normalized spacial score (nSPS) is 12.6. The first-order valence-corrected chi connectivity index (χ1v) is 6.82. The molecule has 0 radical (unpaired) electrons. The van der Waals surface area contributed by atoms with Crippen molar-refractivity contribution in [3.8, 4) is 0 Å². The summed E-state index contributed by atoms with van der Waals surface area (Å²) in [5, 5.41) is 7.92. The fourth-order valence-electron chi connectivity index (χ4n) is 2.53. The molecule has 0 saturated carbocycles. The molecule has 0 saturated heterocycles. The average molecular weight is 257 g/mol. The molecule has 0 spiro atoms. The number of benzene rings is 1. The van der Waals surface area contributed by atoms with E-state index in [1.807, 2.05) is 18.8 Å². The zero-order chi connectivity index (χ0) is 13.8. The van der Waals surface area contributed by atoms with E-state index >= 15 is 0 Å². The first-order valence-electron chi connectivity index (χ1n) is 6.82. The van der Waals surface area contributed by atoms with E-state index in [4.69, 9.17) is 0 Å². The molecule has 1 unspecified atom stereocenters. The number of nitrogens with one attached hydrogen (secondary N) is 1. The molecule has 1 atom stereocenters. The summed E-state index contributed by atoms with van der Waals surface area (Å²) in [5.41, 5.74) is 5.16. The van der Waals surface area contributed by atoms with Crippen LogP contribution in [0.15, 0.2) is 30.3 Å². The topological polar surface area (TPSA) is 29.9 Å². The number of aromatic nitrogens is 2. The Morgan fingerprint density at radius 3 is 2.37 bits per heavy atom. The molecule has 2 rings (SSSR count). The van der Waals surface area contributed by atoms with E-state index in [1.54, 1.807) is 0 Å². The first kappa shape index (κ1) is 13.8. The van der Waals surface area contributed by atoms with Gasteiger partial charge in [-0.05, 0) is 44.9 Å². The van der Waals surface area contributed by atoms with Gasteiger partial charge in [0.25, 0.3) is 0 Å². The number of hydrogen-bond donors (Lipinski definition) is 1. The molecule has 3 nitrogen and oxygen atoms in total. The van der Waals surface area contributed by atoms with Crippen molar-refractivity contribution in [1.29, 1.82) is 0 Å². The highest BCUT2D eigenvalue weighted by atomic mass is 15.3. The molecular formula is C16H23N3. The van der Waals surface area contributed by atoms with Crippen molar-refractivity contribution >= 4 is 0 Å². The summed E-state index contributed by atoms with van der Waals surface area (Å²) in [4.78, 5) is 0. The summed E-state index contributed by atoms with van der Waals surface area (Å²) >= 11 is 0. The van der Waals surface area contributed by atoms with Gasteiger partial charge in [0.1, 0.15) is 0 Å². The third-order valence-corrected chi connectivity index (χ3v) is 3.84. The first-order chi connectivity index (χ1) is 9.11. The summed E-state index contributed by atoms with van der Waals surface area (Å²) < 4.78 is 1.97. The maximum absolute atomic E-state index is 4.49. The van der Waals surface area contributed by atoms with Crippen molar-refractivity contribution in [2.45, 2.75) is 32.7 Å². The summed E-state index contributed by atoms with van der Waals surface area (Å²) in [6.45, 7) is 4.24. The lowest BCUT2D eigenvalue weighted by atomic mass is 9.98. The van der Waals surface area contributed by atoms with Crippen LogP contribution in [0, 0.1) is 13.8 Å². The van der Waals surface area contributed by atoms with Crippen LogP contribution in [0.3, 0.4) is 0 Å². The Morgan fingerprint density at radius 1 is 1.16 bits per heavy atom. The smallest absolute Gasteiger partial charge is 0.0628 e. The minimum atomic E-state index is 0.448. The molecule has 1 aromatic carbocycles. The van der Waals surface area contributed by atoms with Gasteiger partial charge >= 0.3 is 0 Å². The summed E-state index contributed by atoms with van der Waals surface area (Å²) in [6.07, 6.45) is 2.07. The summed E-state index contributed by atoms with van der Waals surface area (Å²) in [7, 11) is 4.05. The molecule has 1 aromatic heterocycles. The third kappa shape index (κ3) is 3.24. The highest BCUT2D eigenvalue weighted by Crippen LogP contribution is 2.16. The lowest BCUT2D eigenvalue weighted by Gasteiger charge is -2.16. The Balaban J connectivity index is 2.11. The predicted molar refractivity (Wildman–Crippen MR) is 79.4 cm³/mol. The molecule has 0 aliphatic rings. The second kappa shape index (κ2) is 6.02. The van der Waals surface area contributed by atoms with Crippen molar-refractivity contribution in [1.82, 2.24) is 15.1 Å². The number of likely N-dealkylation sites (N-methyl/N-ethyl adjacent to an activating group) is 1. The predicted octanol–water partition coefficient (Wildman–Crippen LogP) is 2.41. The standard InChI is InChI=1S/C16H23N3/c1-12-16(13(2)19(4)18-12)11-15(17-3)10-14-8-6-5-7-9-14/h5-9,15,17H,10-11H2,1-4H3. The number of aryl methyl sites for hydroxylation is 2. The van der Waals surface area contributed by atoms with Crippen LogP contribution >= 0.6 is 0 Å². The van der Waals surface area contributed by atoms with E-state index in [9.17, 15) is 0 Å². The largest absolute Gasteiger partial charge is 0.316 e. The van der Waals surface area contributed by atoms with Crippen LogP contribution in [-0.4, -0.2) is 22.9 Å². The molecule has 102 valence electrons. The minimum Gasteiger partial charge on any atom is -0.316 e. The van der Waals surface area contributed by atoms with Crippen molar-refractivity contribution < 1.29 is 0 Å². The van der Waals surface area contributed by atoms with Gasteiger partial charge < -0.3 is 5.32 Å². The second-order valence-electron chi connectivity index (χ2n) is 5.15. The molecule has 0 aliphatic heterocycles. The third-order valence-electron chi connectivity index (χ3n) is 3.84. The minimum absolute atomic E-state index is 0.448. The molecule has 0 fully saturated rings. The van der Waals surface area contributed by atoms with Gasteiger partial charge in [0.15, 0.2) is 0 Å². The average Bonchev–Trinajstić information content (AvgIpc) is 2.65. The van der Waals surface area contributed by atoms with Crippen LogP contribution in [0.4, 0.5) is 0 Å². The molecule has 1 heterocycles. The fraction of sp³-hybridized carbons (Fsp3) is 0.438. The lowest BCUT2D eigenvalue weighted by Crippen LogP contribution is -2.30. The van der Waals surface area contributed by atoms with Crippen LogP contribution in [0.25, 0.3) is 0 Å². The van der Waals surface area contributed by atoms with E-state index < -0.39 is 0 Å². The zero-order valence-corrected chi connectivity index (χ0v) is 12.3. The van der Waals surface area contributed by atoms with Crippen molar-refractivity contribution in [2.75, 3.05) is 7.05 Å². The van der Waals surface area contributed by atoms with E-state index in [-0.39, 0.29) is 0 Å². The second-order valence-corrected chi connectivity index (χ2v) is 5.15. The molecular weight excluding hydrogens is 234 g/mol. The van der Waals surface area contributed by atoms with Crippen molar-refractivity contribution in [3.05, 3.63) is 52.8 Å². The summed E-state index contributed by atoms with van der Waals surface area (Å²) in [6, 6.07) is 11.1. The Labute approximate surface area is 115 Å². The van der Waals surface area contributed by atoms with Crippen LogP contribution in [-0.2, 0) is 19.9 Å². The molecule has 0 aliphatic carbocycles. The monoisotopic (exact) mass is 257 g/mol. The molecule has 0 amide bonds. The van der Waals surface area contributed by atoms with Gasteiger partial charge in [-0.15, -0.1) is 0 Å². The lowest BCUT2D eigenvalue weighted by molar-refractivity contribution is 0.553. The quantitative estimate of drug-likeness (QED) is 0.891. The highest BCUT2D eigenvalue weighted by molar-refractivity contribution is 5.26. The Bertz CT molecular complexity index is 528. The van der Waals surface area contributed by atoms with Gasteiger partial charge in [-0.25, -0.2) is 0 Å². The van der Waals surface area contributed by atoms with Crippen LogP contribution in [0.5, 0.6) is 0 Å². The van der Waals surface area contributed by atoms with Crippen molar-refractivity contribution in [3.63, 3.8) is 0 Å². The van der Waals surface area contributed by atoms with Crippen LogP contribution in [0.2, 0.25) is 0 Å². The van der Waals surface area contributed by atoms with Gasteiger partial charge in [0.05, 0.1) is 5.69 Å². The molecule has 19 heavy (non-hydrogen) atoms. The fourth-order valence-corrected chi connectivity index (χ4v) is 2.53. The van der Waals surface area contributed by atoms with Gasteiger partial charge in [-0.1, -0.05) is 30.3 Å². The van der Waals surface area contributed by atoms with Gasteiger partial charge in [-0.3, -0.25) is 4.68 Å². The SMILES string of the molecule is CNC(Cc1ccccc1)Cc1c(C)nn(C)c1C. The number of hydrogen-bond acceptors (Lipinski definition) is 2. The number of nitrogens with zero attached hydrogens (tertiary/aromatic N) is 2. The van der Waals surface area contributed by atoms with Crippen LogP contribution in [0.1, 0.15) is 22.5 Å². The Hall–Kier alpha value is -1.61. The van der Waals surface area contributed by atoms with Crippen LogP contribution < -0.4 is 5.32 Å². The van der Waals surface area contributed by atoms with E-state index in [1.165, 1.54) is 16.8 Å². The van der Waals surface area contributed by atoms with E-state index in [0.717, 1.165) is 18.5 Å². The van der Waals surface area contributed by atoms with Crippen molar-refractivity contribution in [2.24, 2.45) is 7.05 Å². The maximum atomic E-state index is 4.49. The zero-order valence-electron chi connectivity index (χ0n) is 12.3. The van der Waals surface area contributed by atoms with Gasteiger partial charge in [-0.2, -0.15) is 5.10 Å². The summed E-state index contributed by atoms with van der Waals surface area (Å²) in [5.74, 6) is 0. The Kier molecular flexibility index (Phi) is 4.38. The molecule has 3 heteroatoms. The Morgan fingerprint density at radius 2 is 1.84 bits per heavy atom. The molecule has 1 N–H and O–H groups in total. The van der Waals surface area contributed by atoms with Gasteiger partial charge in [0.2, 0.25) is 0 Å². The molecule has 0 bridgehead atoms. The van der Waals surface area contributed by atoms with E-state index in [0.29, 0.717) is 6.04 Å². The van der Waals surface area contributed by atoms with E-state index in [2.05, 4.69) is 54.6 Å². The highest BCUT2D eigenvalue weighted by Gasteiger charge is 2.15. The van der Waals surface area contributed by atoms with Gasteiger partial charge in [0, 0.05) is 18.8 Å². The molecule has 2 aromatic rings. The maximum Gasteiger partial charge on any atom is 0.0628 e. The number of rotatable bonds is 5.